The quantitative estimate of drug-likeness (QED) is 0.853. The fourth-order valence-electron chi connectivity index (χ4n) is 1.97. The van der Waals surface area contributed by atoms with Crippen LogP contribution >= 0.6 is 11.6 Å². The Hall–Kier alpha value is -1.62. The maximum absolute atomic E-state index is 6.01. The van der Waals surface area contributed by atoms with Gasteiger partial charge in [-0.1, -0.05) is 11.6 Å². The van der Waals surface area contributed by atoms with Crippen LogP contribution in [0.3, 0.4) is 0 Å². The lowest BCUT2D eigenvalue weighted by atomic mass is 10.3. The van der Waals surface area contributed by atoms with E-state index in [-0.39, 0.29) is 0 Å². The molecule has 0 amide bonds. The number of nitrogens with zero attached hydrogens (tertiary/aromatic N) is 4. The monoisotopic (exact) mass is 277 g/mol. The molecule has 1 saturated carbocycles. The first-order valence-electron chi connectivity index (χ1n) is 6.47. The molecule has 100 valence electrons. The summed E-state index contributed by atoms with van der Waals surface area (Å²) in [5, 5.41) is 8.13. The highest BCUT2D eigenvalue weighted by molar-refractivity contribution is 6.29. The van der Waals surface area contributed by atoms with Gasteiger partial charge in [0.25, 0.3) is 0 Å². The molecule has 1 fully saturated rings. The van der Waals surface area contributed by atoms with Crippen molar-refractivity contribution in [1.29, 1.82) is 0 Å². The van der Waals surface area contributed by atoms with Gasteiger partial charge in [0.2, 0.25) is 0 Å². The summed E-state index contributed by atoms with van der Waals surface area (Å²) in [6.07, 6.45) is 5.16. The Labute approximate surface area is 117 Å². The van der Waals surface area contributed by atoms with Crippen molar-refractivity contribution in [2.45, 2.75) is 25.2 Å². The van der Waals surface area contributed by atoms with Crippen LogP contribution < -0.4 is 5.32 Å². The summed E-state index contributed by atoms with van der Waals surface area (Å²) in [4.78, 5) is 8.76. The third-order valence-electron chi connectivity index (χ3n) is 3.11. The molecule has 0 unspecified atom stereocenters. The van der Waals surface area contributed by atoms with E-state index >= 15 is 0 Å². The highest BCUT2D eigenvalue weighted by Crippen LogP contribution is 2.38. The average Bonchev–Trinajstić information content (AvgIpc) is 3.13. The van der Waals surface area contributed by atoms with E-state index in [0.29, 0.717) is 11.1 Å². The van der Waals surface area contributed by atoms with Crippen molar-refractivity contribution < 1.29 is 0 Å². The topological polar surface area (TPSA) is 55.6 Å². The fourth-order valence-corrected chi connectivity index (χ4v) is 2.15. The number of halogens is 1. The van der Waals surface area contributed by atoms with Gasteiger partial charge in [0.1, 0.15) is 16.8 Å². The summed E-state index contributed by atoms with van der Waals surface area (Å²) < 4.78 is 1.81. The second-order valence-corrected chi connectivity index (χ2v) is 5.25. The minimum atomic E-state index is 0.509. The van der Waals surface area contributed by atoms with Gasteiger partial charge >= 0.3 is 0 Å². The number of rotatable bonds is 5. The molecule has 0 aliphatic heterocycles. The Bertz CT molecular complexity index is 576. The molecule has 2 aromatic heterocycles. The number of aromatic nitrogens is 4. The van der Waals surface area contributed by atoms with E-state index < -0.39 is 0 Å². The summed E-state index contributed by atoms with van der Waals surface area (Å²) in [6, 6.07) is 3.79. The zero-order chi connectivity index (χ0) is 13.2. The van der Waals surface area contributed by atoms with Crippen LogP contribution in [0.25, 0.3) is 0 Å². The number of hydrogen-bond donors (Lipinski definition) is 1. The standard InChI is InChI=1S/C13H16ClN5/c1-19-7-5-10(18-19)4-6-15-12-8-11(14)16-13(17-12)9-2-3-9/h5,7-9H,2-4,6H2,1H3,(H,15,16,17). The van der Waals surface area contributed by atoms with Gasteiger partial charge in [-0.25, -0.2) is 9.97 Å². The van der Waals surface area contributed by atoms with E-state index in [2.05, 4.69) is 20.4 Å². The lowest BCUT2D eigenvalue weighted by Crippen LogP contribution is -2.08. The molecule has 1 aliphatic rings. The molecule has 6 heteroatoms. The van der Waals surface area contributed by atoms with E-state index in [4.69, 9.17) is 11.6 Å². The zero-order valence-corrected chi connectivity index (χ0v) is 11.6. The second kappa shape index (κ2) is 5.17. The van der Waals surface area contributed by atoms with E-state index in [9.17, 15) is 0 Å². The molecule has 5 nitrogen and oxygen atoms in total. The van der Waals surface area contributed by atoms with Gasteiger partial charge in [-0.2, -0.15) is 5.10 Å². The lowest BCUT2D eigenvalue weighted by molar-refractivity contribution is 0.741. The molecular formula is C13H16ClN5. The van der Waals surface area contributed by atoms with Crippen LogP contribution in [-0.2, 0) is 13.5 Å². The molecule has 2 heterocycles. The Balaban J connectivity index is 1.60. The van der Waals surface area contributed by atoms with Crippen molar-refractivity contribution in [2.24, 2.45) is 7.05 Å². The molecule has 0 bridgehead atoms. The Morgan fingerprint density at radius 3 is 2.95 bits per heavy atom. The normalized spacial score (nSPS) is 14.6. The molecule has 0 atom stereocenters. The SMILES string of the molecule is Cn1ccc(CCNc2cc(Cl)nc(C3CC3)n2)n1. The lowest BCUT2D eigenvalue weighted by Gasteiger charge is -2.06. The Kier molecular flexibility index (Phi) is 3.38. The zero-order valence-electron chi connectivity index (χ0n) is 10.8. The molecule has 1 aliphatic carbocycles. The highest BCUT2D eigenvalue weighted by Gasteiger charge is 2.27. The van der Waals surface area contributed by atoms with Crippen LogP contribution in [0.5, 0.6) is 0 Å². The minimum absolute atomic E-state index is 0.509. The van der Waals surface area contributed by atoms with Gasteiger partial charge < -0.3 is 5.32 Å². The van der Waals surface area contributed by atoms with Gasteiger partial charge in [-0.05, 0) is 18.9 Å². The van der Waals surface area contributed by atoms with Crippen molar-refractivity contribution >= 4 is 17.4 Å². The highest BCUT2D eigenvalue weighted by atomic mass is 35.5. The largest absolute Gasteiger partial charge is 0.370 e. The molecule has 0 aromatic carbocycles. The minimum Gasteiger partial charge on any atom is -0.370 e. The smallest absolute Gasteiger partial charge is 0.135 e. The Morgan fingerprint density at radius 2 is 2.26 bits per heavy atom. The van der Waals surface area contributed by atoms with Crippen LogP contribution in [0.4, 0.5) is 5.82 Å². The number of aryl methyl sites for hydroxylation is 1. The fraction of sp³-hybridized carbons (Fsp3) is 0.462. The van der Waals surface area contributed by atoms with E-state index in [1.807, 2.05) is 24.0 Å². The van der Waals surface area contributed by atoms with Gasteiger partial charge in [0, 0.05) is 38.2 Å². The van der Waals surface area contributed by atoms with Crippen molar-refractivity contribution in [2.75, 3.05) is 11.9 Å². The van der Waals surface area contributed by atoms with Gasteiger partial charge in [-0.15, -0.1) is 0 Å². The molecule has 0 saturated heterocycles. The van der Waals surface area contributed by atoms with Gasteiger partial charge in [0.05, 0.1) is 5.69 Å². The summed E-state index contributed by atoms with van der Waals surface area (Å²) >= 11 is 6.01. The third kappa shape index (κ3) is 3.23. The first-order valence-corrected chi connectivity index (χ1v) is 6.85. The molecule has 1 N–H and O–H groups in total. The first-order chi connectivity index (χ1) is 9.20. The van der Waals surface area contributed by atoms with E-state index in [1.165, 1.54) is 12.8 Å². The van der Waals surface area contributed by atoms with Crippen LogP contribution in [-0.4, -0.2) is 26.3 Å². The predicted octanol–water partition coefficient (Wildman–Crippen LogP) is 2.40. The van der Waals surface area contributed by atoms with Crippen LogP contribution in [0.15, 0.2) is 18.3 Å². The molecular weight excluding hydrogens is 262 g/mol. The van der Waals surface area contributed by atoms with Gasteiger partial charge in [0.15, 0.2) is 0 Å². The van der Waals surface area contributed by atoms with E-state index in [1.54, 1.807) is 6.07 Å². The molecule has 0 spiro atoms. The summed E-state index contributed by atoms with van der Waals surface area (Å²) in [5.41, 5.74) is 1.07. The molecule has 19 heavy (non-hydrogen) atoms. The first kappa shape index (κ1) is 12.4. The van der Waals surface area contributed by atoms with Gasteiger partial charge in [-0.3, -0.25) is 4.68 Å². The Morgan fingerprint density at radius 1 is 1.42 bits per heavy atom. The third-order valence-corrected chi connectivity index (χ3v) is 3.30. The van der Waals surface area contributed by atoms with Crippen molar-refractivity contribution in [3.8, 4) is 0 Å². The molecule has 0 radical (unpaired) electrons. The van der Waals surface area contributed by atoms with E-state index in [0.717, 1.165) is 30.3 Å². The summed E-state index contributed by atoms with van der Waals surface area (Å²) in [5.74, 6) is 2.18. The number of hydrogen-bond acceptors (Lipinski definition) is 4. The summed E-state index contributed by atoms with van der Waals surface area (Å²) in [6.45, 7) is 0.786. The van der Waals surface area contributed by atoms with Crippen LogP contribution in [0, 0.1) is 0 Å². The molecule has 2 aromatic rings. The van der Waals surface area contributed by atoms with Crippen molar-refractivity contribution in [1.82, 2.24) is 19.7 Å². The maximum atomic E-state index is 6.01. The second-order valence-electron chi connectivity index (χ2n) is 4.87. The van der Waals surface area contributed by atoms with Crippen LogP contribution in [0.1, 0.15) is 30.3 Å². The number of nitrogens with one attached hydrogen (secondary N) is 1. The van der Waals surface area contributed by atoms with Crippen LogP contribution in [0.2, 0.25) is 5.15 Å². The maximum Gasteiger partial charge on any atom is 0.135 e. The average molecular weight is 278 g/mol. The number of anilines is 1. The summed E-state index contributed by atoms with van der Waals surface area (Å²) in [7, 11) is 1.92. The molecule has 3 rings (SSSR count). The van der Waals surface area contributed by atoms with Crippen molar-refractivity contribution in [3.05, 3.63) is 35.0 Å². The van der Waals surface area contributed by atoms with Crippen molar-refractivity contribution in [3.63, 3.8) is 0 Å². The predicted molar refractivity (Wildman–Crippen MR) is 74.4 cm³/mol.